The number of amides is 1. The summed E-state index contributed by atoms with van der Waals surface area (Å²) in [4.78, 5) is 10.9. The van der Waals surface area contributed by atoms with E-state index in [1.807, 2.05) is 0 Å². The maximum absolute atomic E-state index is 12.4. The number of anilines is 1. The van der Waals surface area contributed by atoms with Gasteiger partial charge in [0.2, 0.25) is 5.91 Å². The number of halogens is 3. The molecule has 1 N–H and O–H groups in total. The Kier molecular flexibility index (Phi) is 4.70. The number of benzene rings is 2. The van der Waals surface area contributed by atoms with Gasteiger partial charge in [-0.05, 0) is 42.0 Å². The molecule has 1 amide bonds. The Hall–Kier alpha value is -2.50. The average Bonchev–Trinajstić information content (AvgIpc) is 2.45. The van der Waals surface area contributed by atoms with E-state index in [9.17, 15) is 18.0 Å². The van der Waals surface area contributed by atoms with Crippen LogP contribution < -0.4 is 10.1 Å². The van der Waals surface area contributed by atoms with Crippen LogP contribution in [0.1, 0.15) is 18.1 Å². The molecule has 0 aliphatic rings. The minimum absolute atomic E-state index is 0.164. The molecule has 2 aromatic carbocycles. The van der Waals surface area contributed by atoms with Crippen LogP contribution in [0.25, 0.3) is 0 Å². The lowest BCUT2D eigenvalue weighted by atomic mass is 10.1. The van der Waals surface area contributed by atoms with Crippen LogP contribution in [0.3, 0.4) is 0 Å². The van der Waals surface area contributed by atoms with Gasteiger partial charge in [-0.1, -0.05) is 12.1 Å². The summed E-state index contributed by atoms with van der Waals surface area (Å²) in [5.41, 5.74) is 0.601. The number of ether oxygens (including phenoxy) is 1. The summed E-state index contributed by atoms with van der Waals surface area (Å²) in [5.74, 6) is 0.396. The molecule has 0 saturated heterocycles. The maximum Gasteiger partial charge on any atom is 0.416 e. The quantitative estimate of drug-likeness (QED) is 0.917. The number of nitrogens with one attached hydrogen (secondary N) is 1. The van der Waals surface area contributed by atoms with Gasteiger partial charge in [0.1, 0.15) is 12.4 Å². The average molecular weight is 309 g/mol. The van der Waals surface area contributed by atoms with E-state index >= 15 is 0 Å². The first-order valence-corrected chi connectivity index (χ1v) is 6.51. The molecule has 0 fully saturated rings. The number of carbonyl (C=O) groups is 1. The van der Waals surface area contributed by atoms with E-state index in [-0.39, 0.29) is 12.5 Å². The van der Waals surface area contributed by atoms with Crippen molar-refractivity contribution in [2.24, 2.45) is 0 Å². The second kappa shape index (κ2) is 6.51. The van der Waals surface area contributed by atoms with Gasteiger partial charge in [-0.2, -0.15) is 13.2 Å². The standard InChI is InChI=1S/C16H14F3NO2/c1-11(21)20-14-6-8-15(9-7-14)22-10-12-2-4-13(5-3-12)16(17,18)19/h2-9H,10H2,1H3,(H,20,21). The lowest BCUT2D eigenvalue weighted by Gasteiger charge is -2.09. The van der Waals surface area contributed by atoms with Crippen LogP contribution in [0.5, 0.6) is 5.75 Å². The summed E-state index contributed by atoms with van der Waals surface area (Å²) in [6.45, 7) is 1.58. The summed E-state index contributed by atoms with van der Waals surface area (Å²) >= 11 is 0. The lowest BCUT2D eigenvalue weighted by molar-refractivity contribution is -0.137. The van der Waals surface area contributed by atoms with Gasteiger partial charge in [0.15, 0.2) is 0 Å². The van der Waals surface area contributed by atoms with Crippen LogP contribution in [0, 0.1) is 0 Å². The third-order valence-electron chi connectivity index (χ3n) is 2.86. The second-order valence-electron chi connectivity index (χ2n) is 4.69. The highest BCUT2D eigenvalue weighted by Crippen LogP contribution is 2.29. The van der Waals surface area contributed by atoms with Crippen LogP contribution >= 0.6 is 0 Å². The van der Waals surface area contributed by atoms with Gasteiger partial charge < -0.3 is 10.1 Å². The lowest BCUT2D eigenvalue weighted by Crippen LogP contribution is -2.05. The third kappa shape index (κ3) is 4.51. The summed E-state index contributed by atoms with van der Waals surface area (Å²) in [6, 6.07) is 11.5. The Morgan fingerprint density at radius 1 is 1.05 bits per heavy atom. The van der Waals surface area contributed by atoms with Gasteiger partial charge in [0, 0.05) is 12.6 Å². The summed E-state index contributed by atoms with van der Waals surface area (Å²) < 4.78 is 42.8. The molecule has 0 saturated carbocycles. The van der Waals surface area contributed by atoms with Crippen molar-refractivity contribution in [2.45, 2.75) is 19.7 Å². The minimum atomic E-state index is -4.33. The normalized spacial score (nSPS) is 11.1. The second-order valence-corrected chi connectivity index (χ2v) is 4.69. The third-order valence-corrected chi connectivity index (χ3v) is 2.86. The van der Waals surface area contributed by atoms with E-state index < -0.39 is 11.7 Å². The fourth-order valence-corrected chi connectivity index (χ4v) is 1.79. The molecular formula is C16H14F3NO2. The molecule has 0 aliphatic heterocycles. The number of rotatable bonds is 4. The van der Waals surface area contributed by atoms with Crippen molar-refractivity contribution < 1.29 is 22.7 Å². The van der Waals surface area contributed by atoms with E-state index in [1.165, 1.54) is 19.1 Å². The smallest absolute Gasteiger partial charge is 0.416 e. The SMILES string of the molecule is CC(=O)Nc1ccc(OCc2ccc(C(F)(F)F)cc2)cc1. The Balaban J connectivity index is 1.94. The Morgan fingerprint density at radius 3 is 2.14 bits per heavy atom. The number of alkyl halides is 3. The van der Waals surface area contributed by atoms with Crippen LogP contribution in [-0.2, 0) is 17.6 Å². The van der Waals surface area contributed by atoms with Crippen molar-refractivity contribution >= 4 is 11.6 Å². The van der Waals surface area contributed by atoms with E-state index in [1.54, 1.807) is 24.3 Å². The molecule has 0 spiro atoms. The number of hydrogen-bond donors (Lipinski definition) is 1. The predicted molar refractivity (Wildman–Crippen MR) is 76.5 cm³/mol. The molecule has 116 valence electrons. The molecular weight excluding hydrogens is 295 g/mol. The highest BCUT2D eigenvalue weighted by atomic mass is 19.4. The zero-order valence-electron chi connectivity index (χ0n) is 11.8. The van der Waals surface area contributed by atoms with Crippen LogP contribution in [-0.4, -0.2) is 5.91 Å². The topological polar surface area (TPSA) is 38.3 Å². The molecule has 0 aromatic heterocycles. The Morgan fingerprint density at radius 2 is 1.64 bits per heavy atom. The predicted octanol–water partition coefficient (Wildman–Crippen LogP) is 4.24. The van der Waals surface area contributed by atoms with Crippen molar-refractivity contribution in [3.63, 3.8) is 0 Å². The van der Waals surface area contributed by atoms with Gasteiger partial charge in [-0.15, -0.1) is 0 Å². The van der Waals surface area contributed by atoms with E-state index in [0.29, 0.717) is 17.0 Å². The largest absolute Gasteiger partial charge is 0.489 e. The van der Waals surface area contributed by atoms with E-state index in [0.717, 1.165) is 12.1 Å². The van der Waals surface area contributed by atoms with E-state index in [2.05, 4.69) is 5.32 Å². The van der Waals surface area contributed by atoms with Gasteiger partial charge >= 0.3 is 6.18 Å². The first-order chi connectivity index (χ1) is 10.3. The first-order valence-electron chi connectivity index (χ1n) is 6.51. The van der Waals surface area contributed by atoms with Crippen molar-refractivity contribution in [3.05, 3.63) is 59.7 Å². The molecule has 0 atom stereocenters. The molecule has 0 unspecified atom stereocenters. The van der Waals surface area contributed by atoms with Gasteiger partial charge in [-0.25, -0.2) is 0 Å². The molecule has 22 heavy (non-hydrogen) atoms. The number of hydrogen-bond acceptors (Lipinski definition) is 2. The van der Waals surface area contributed by atoms with Crippen LogP contribution in [0.15, 0.2) is 48.5 Å². The van der Waals surface area contributed by atoms with Crippen LogP contribution in [0.2, 0.25) is 0 Å². The van der Waals surface area contributed by atoms with Gasteiger partial charge in [-0.3, -0.25) is 4.79 Å². The molecule has 0 heterocycles. The monoisotopic (exact) mass is 309 g/mol. The molecule has 0 bridgehead atoms. The Labute approximate surface area is 125 Å². The van der Waals surface area contributed by atoms with Crippen molar-refractivity contribution in [3.8, 4) is 5.75 Å². The van der Waals surface area contributed by atoms with Gasteiger partial charge in [0.05, 0.1) is 5.56 Å². The number of carbonyl (C=O) groups excluding carboxylic acids is 1. The maximum atomic E-state index is 12.4. The zero-order chi connectivity index (χ0) is 16.2. The van der Waals surface area contributed by atoms with Gasteiger partial charge in [0.25, 0.3) is 0 Å². The fourth-order valence-electron chi connectivity index (χ4n) is 1.79. The highest BCUT2D eigenvalue weighted by Gasteiger charge is 2.29. The summed E-state index contributed by atoms with van der Waals surface area (Å²) in [7, 11) is 0. The molecule has 2 rings (SSSR count). The van der Waals surface area contributed by atoms with Crippen molar-refractivity contribution in [1.29, 1.82) is 0 Å². The molecule has 2 aromatic rings. The molecule has 0 radical (unpaired) electrons. The molecule has 3 nitrogen and oxygen atoms in total. The zero-order valence-corrected chi connectivity index (χ0v) is 11.8. The molecule has 6 heteroatoms. The summed E-state index contributed by atoms with van der Waals surface area (Å²) in [6.07, 6.45) is -4.33. The Bertz CT molecular complexity index is 634. The van der Waals surface area contributed by atoms with Crippen LogP contribution in [0.4, 0.5) is 18.9 Å². The first kappa shape index (κ1) is 15.9. The fraction of sp³-hybridized carbons (Fsp3) is 0.188. The minimum Gasteiger partial charge on any atom is -0.489 e. The molecule has 0 aliphatic carbocycles. The van der Waals surface area contributed by atoms with Crippen molar-refractivity contribution in [2.75, 3.05) is 5.32 Å². The van der Waals surface area contributed by atoms with E-state index in [4.69, 9.17) is 4.74 Å². The summed E-state index contributed by atoms with van der Waals surface area (Å²) in [5, 5.41) is 2.63. The van der Waals surface area contributed by atoms with Crippen molar-refractivity contribution in [1.82, 2.24) is 0 Å². The highest BCUT2D eigenvalue weighted by molar-refractivity contribution is 5.88.